The van der Waals surface area contributed by atoms with E-state index in [9.17, 15) is 14.0 Å². The molecule has 0 atom stereocenters. The predicted octanol–water partition coefficient (Wildman–Crippen LogP) is 4.21. The number of nitrogens with one attached hydrogen (secondary N) is 1. The first-order valence-corrected chi connectivity index (χ1v) is 9.44. The molecule has 1 amide bonds. The number of aromatic nitrogens is 2. The third kappa shape index (κ3) is 3.44. The molecule has 0 saturated heterocycles. The number of fused-ring (bicyclic) bond motifs is 1. The lowest BCUT2D eigenvalue weighted by Crippen LogP contribution is -2.21. The van der Waals surface area contributed by atoms with E-state index >= 15 is 0 Å². The van der Waals surface area contributed by atoms with Crippen LogP contribution in [0, 0.1) is 12.7 Å². The van der Waals surface area contributed by atoms with Crippen LogP contribution in [0.5, 0.6) is 0 Å². The maximum absolute atomic E-state index is 13.1. The Morgan fingerprint density at radius 1 is 1.14 bits per heavy atom. The molecular weight excluding hydrogens is 377 g/mol. The first-order valence-electron chi connectivity index (χ1n) is 8.62. The van der Waals surface area contributed by atoms with Crippen LogP contribution >= 0.6 is 11.3 Å². The fourth-order valence-corrected chi connectivity index (χ4v) is 4.02. The Bertz CT molecular complexity index is 1210. The van der Waals surface area contributed by atoms with Gasteiger partial charge in [0.2, 0.25) is 0 Å². The van der Waals surface area contributed by atoms with Gasteiger partial charge in [-0.25, -0.2) is 9.37 Å². The van der Waals surface area contributed by atoms with Gasteiger partial charge in [0.15, 0.2) is 0 Å². The number of rotatable bonds is 4. The number of aryl methyl sites for hydroxylation is 1. The average Bonchev–Trinajstić information content (AvgIpc) is 3.04. The first kappa shape index (κ1) is 18.1. The van der Waals surface area contributed by atoms with Crippen LogP contribution < -0.4 is 10.9 Å². The summed E-state index contributed by atoms with van der Waals surface area (Å²) in [4.78, 5) is 30.9. The number of thiophene rings is 1. The maximum atomic E-state index is 13.1. The van der Waals surface area contributed by atoms with E-state index in [-0.39, 0.29) is 23.8 Å². The molecule has 0 unspecified atom stereocenters. The molecule has 2 aromatic heterocycles. The van der Waals surface area contributed by atoms with E-state index < -0.39 is 0 Å². The molecule has 0 aliphatic heterocycles. The zero-order valence-electron chi connectivity index (χ0n) is 15.0. The second-order valence-electron chi connectivity index (χ2n) is 6.36. The molecule has 2 aromatic carbocycles. The molecule has 0 aliphatic carbocycles. The second kappa shape index (κ2) is 7.36. The van der Waals surface area contributed by atoms with E-state index in [4.69, 9.17) is 0 Å². The van der Waals surface area contributed by atoms with E-state index in [0.29, 0.717) is 26.3 Å². The summed E-state index contributed by atoms with van der Waals surface area (Å²) in [5.41, 5.74) is 1.87. The Morgan fingerprint density at radius 3 is 2.57 bits per heavy atom. The molecule has 1 N–H and O–H groups in total. The molecule has 5 nitrogen and oxygen atoms in total. The van der Waals surface area contributed by atoms with Gasteiger partial charge in [0, 0.05) is 5.69 Å². The smallest absolute Gasteiger partial charge is 0.266 e. The number of carbonyl (C=O) groups is 1. The van der Waals surface area contributed by atoms with E-state index in [1.54, 1.807) is 31.2 Å². The van der Waals surface area contributed by atoms with Crippen LogP contribution in [0.1, 0.15) is 20.8 Å². The van der Waals surface area contributed by atoms with Gasteiger partial charge in [0.25, 0.3) is 11.5 Å². The summed E-state index contributed by atoms with van der Waals surface area (Å²) >= 11 is 1.20. The minimum absolute atomic E-state index is 0.221. The van der Waals surface area contributed by atoms with Gasteiger partial charge < -0.3 is 5.32 Å². The van der Waals surface area contributed by atoms with E-state index in [1.807, 2.05) is 18.2 Å². The topological polar surface area (TPSA) is 64.0 Å². The summed E-state index contributed by atoms with van der Waals surface area (Å²) in [5.74, 6) is -0.594. The lowest BCUT2D eigenvalue weighted by atomic mass is 10.2. The van der Waals surface area contributed by atoms with Crippen molar-refractivity contribution in [1.29, 1.82) is 0 Å². The Balaban J connectivity index is 1.69. The van der Waals surface area contributed by atoms with Crippen molar-refractivity contribution in [1.82, 2.24) is 9.55 Å². The summed E-state index contributed by atoms with van der Waals surface area (Å²) in [6.07, 6.45) is 1.46. The highest BCUT2D eigenvalue weighted by Gasteiger charge is 2.19. The lowest BCUT2D eigenvalue weighted by Gasteiger charge is -2.06. The number of hydrogen-bond acceptors (Lipinski definition) is 4. The Labute approximate surface area is 164 Å². The summed E-state index contributed by atoms with van der Waals surface area (Å²) < 4.78 is 14.5. The minimum atomic E-state index is -0.326. The number of anilines is 1. The van der Waals surface area contributed by atoms with Crippen molar-refractivity contribution in [3.63, 3.8) is 0 Å². The number of benzene rings is 2. The molecular formula is C21H16FN3O2S. The van der Waals surface area contributed by atoms with Gasteiger partial charge in [0.05, 0.1) is 23.1 Å². The number of nitrogens with zero attached hydrogens (tertiary/aromatic N) is 2. The minimum Gasteiger partial charge on any atom is -0.321 e. The summed E-state index contributed by atoms with van der Waals surface area (Å²) in [6.45, 7) is 2.03. The number of para-hydroxylation sites is 1. The molecule has 4 aromatic rings. The predicted molar refractivity (Wildman–Crippen MR) is 109 cm³/mol. The van der Waals surface area contributed by atoms with Crippen LogP contribution in [-0.2, 0) is 6.54 Å². The Hall–Kier alpha value is -3.32. The summed E-state index contributed by atoms with van der Waals surface area (Å²) in [7, 11) is 0. The van der Waals surface area contributed by atoms with Crippen molar-refractivity contribution in [3.05, 3.63) is 93.1 Å². The van der Waals surface area contributed by atoms with Crippen LogP contribution in [0.25, 0.3) is 10.2 Å². The van der Waals surface area contributed by atoms with Crippen molar-refractivity contribution in [2.75, 3.05) is 5.32 Å². The Kier molecular flexibility index (Phi) is 4.75. The molecule has 0 fully saturated rings. The molecule has 7 heteroatoms. The van der Waals surface area contributed by atoms with Crippen LogP contribution in [0.4, 0.5) is 10.1 Å². The molecule has 0 saturated carbocycles. The maximum Gasteiger partial charge on any atom is 0.266 e. The number of carbonyl (C=O) groups excluding carboxylic acids is 1. The van der Waals surface area contributed by atoms with Gasteiger partial charge in [-0.15, -0.1) is 11.3 Å². The van der Waals surface area contributed by atoms with Crippen molar-refractivity contribution in [2.45, 2.75) is 13.5 Å². The van der Waals surface area contributed by atoms with Gasteiger partial charge in [-0.3, -0.25) is 14.2 Å². The molecule has 0 aliphatic rings. The standard InChI is InChI=1S/C21H16FN3O2S/c1-13-17-20(28-18(13)19(26)24-16-5-3-2-4-6-16)23-12-25(21(17)27)11-14-7-9-15(22)10-8-14/h2-10,12H,11H2,1H3,(H,24,26). The van der Waals surface area contributed by atoms with Crippen molar-refractivity contribution in [2.24, 2.45) is 0 Å². The highest BCUT2D eigenvalue weighted by molar-refractivity contribution is 7.20. The molecule has 0 spiro atoms. The lowest BCUT2D eigenvalue weighted by molar-refractivity contribution is 0.103. The summed E-state index contributed by atoms with van der Waals surface area (Å²) in [6, 6.07) is 15.1. The molecule has 0 radical (unpaired) electrons. The largest absolute Gasteiger partial charge is 0.321 e. The first-order chi connectivity index (χ1) is 13.5. The van der Waals surface area contributed by atoms with Gasteiger partial charge in [-0.1, -0.05) is 30.3 Å². The SMILES string of the molecule is Cc1c(C(=O)Nc2ccccc2)sc2ncn(Cc3ccc(F)cc3)c(=O)c12. The van der Waals surface area contributed by atoms with E-state index in [0.717, 1.165) is 5.56 Å². The zero-order valence-corrected chi connectivity index (χ0v) is 15.8. The molecule has 140 valence electrons. The Morgan fingerprint density at radius 2 is 1.86 bits per heavy atom. The number of amides is 1. The molecule has 0 bridgehead atoms. The highest BCUT2D eigenvalue weighted by atomic mass is 32.1. The fourth-order valence-electron chi connectivity index (χ4n) is 2.98. The quantitative estimate of drug-likeness (QED) is 0.565. The third-order valence-electron chi connectivity index (χ3n) is 4.42. The molecule has 4 rings (SSSR count). The van der Waals surface area contributed by atoms with E-state index in [1.165, 1.54) is 34.4 Å². The van der Waals surface area contributed by atoms with Crippen molar-refractivity contribution < 1.29 is 9.18 Å². The van der Waals surface area contributed by atoms with E-state index in [2.05, 4.69) is 10.3 Å². The summed E-state index contributed by atoms with van der Waals surface area (Å²) in [5, 5.41) is 3.28. The number of hydrogen-bond donors (Lipinski definition) is 1. The van der Waals surface area contributed by atoms with Crippen molar-refractivity contribution in [3.8, 4) is 0 Å². The van der Waals surface area contributed by atoms with Crippen LogP contribution in [-0.4, -0.2) is 15.5 Å². The average molecular weight is 393 g/mol. The monoisotopic (exact) mass is 393 g/mol. The van der Waals surface area contributed by atoms with Gasteiger partial charge in [-0.05, 0) is 42.3 Å². The normalized spacial score (nSPS) is 10.9. The molecule has 2 heterocycles. The van der Waals surface area contributed by atoms with Gasteiger partial charge in [0.1, 0.15) is 10.6 Å². The molecule has 28 heavy (non-hydrogen) atoms. The second-order valence-corrected chi connectivity index (χ2v) is 7.36. The van der Waals surface area contributed by atoms with Gasteiger partial charge in [-0.2, -0.15) is 0 Å². The fraction of sp³-hybridized carbons (Fsp3) is 0.0952. The van der Waals surface area contributed by atoms with Crippen LogP contribution in [0.2, 0.25) is 0 Å². The number of halogens is 1. The van der Waals surface area contributed by atoms with Gasteiger partial charge >= 0.3 is 0 Å². The highest BCUT2D eigenvalue weighted by Crippen LogP contribution is 2.27. The zero-order chi connectivity index (χ0) is 19.7. The third-order valence-corrected chi connectivity index (χ3v) is 5.62. The van der Waals surface area contributed by atoms with Crippen LogP contribution in [0.3, 0.4) is 0 Å². The van der Waals surface area contributed by atoms with Crippen LogP contribution in [0.15, 0.2) is 65.7 Å². The van der Waals surface area contributed by atoms with Crippen molar-refractivity contribution >= 4 is 33.1 Å².